The van der Waals surface area contributed by atoms with E-state index in [4.69, 9.17) is 0 Å². The molecule has 0 aliphatic heterocycles. The topological polar surface area (TPSA) is 59.8 Å². The molecule has 5 nitrogen and oxygen atoms in total. The van der Waals surface area contributed by atoms with E-state index in [0.717, 1.165) is 16.7 Å². The lowest BCUT2D eigenvalue weighted by Crippen LogP contribution is -2.21. The molecule has 0 bridgehead atoms. The summed E-state index contributed by atoms with van der Waals surface area (Å²) in [4.78, 5) is 16.0. The Morgan fingerprint density at radius 3 is 2.73 bits per heavy atom. The molecular formula is C21H22N4O. The van der Waals surface area contributed by atoms with Crippen LogP contribution in [0, 0.1) is 6.92 Å². The van der Waals surface area contributed by atoms with Crippen molar-refractivity contribution in [3.05, 3.63) is 89.5 Å². The highest BCUT2D eigenvalue weighted by Crippen LogP contribution is 2.08. The van der Waals surface area contributed by atoms with Crippen LogP contribution in [0.1, 0.15) is 28.7 Å². The standard InChI is InChI=1S/C21H22N4O/c1-17-8-10-18(11-9-17)4-3-7-21(26)23-13-19-5-2-6-20(12-19)14-25-16-22-15-24-25/h2-6,8-12,15-16H,7,13-14H2,1H3,(H,23,26)/b4-3+. The molecule has 26 heavy (non-hydrogen) atoms. The van der Waals surface area contributed by atoms with Crippen molar-refractivity contribution in [2.75, 3.05) is 0 Å². The Bertz CT molecular complexity index is 867. The number of amides is 1. The molecule has 3 aromatic rings. The second kappa shape index (κ2) is 8.76. The maximum atomic E-state index is 12.0. The number of hydrogen-bond acceptors (Lipinski definition) is 3. The van der Waals surface area contributed by atoms with E-state index >= 15 is 0 Å². The van der Waals surface area contributed by atoms with Crippen molar-refractivity contribution in [1.29, 1.82) is 0 Å². The summed E-state index contributed by atoms with van der Waals surface area (Å²) in [6.45, 7) is 3.24. The molecule has 0 spiro atoms. The molecule has 1 heterocycles. The summed E-state index contributed by atoms with van der Waals surface area (Å²) in [7, 11) is 0. The molecule has 0 aliphatic carbocycles. The van der Waals surface area contributed by atoms with E-state index in [0.29, 0.717) is 19.5 Å². The fraction of sp³-hybridized carbons (Fsp3) is 0.190. The first kappa shape index (κ1) is 17.6. The lowest BCUT2D eigenvalue weighted by atomic mass is 10.1. The molecule has 3 rings (SSSR count). The Labute approximate surface area is 153 Å². The molecule has 0 radical (unpaired) electrons. The summed E-state index contributed by atoms with van der Waals surface area (Å²) in [5.41, 5.74) is 4.52. The Balaban J connectivity index is 1.47. The van der Waals surface area contributed by atoms with Gasteiger partial charge in [0.1, 0.15) is 12.7 Å². The maximum absolute atomic E-state index is 12.0. The van der Waals surface area contributed by atoms with Crippen molar-refractivity contribution in [2.24, 2.45) is 0 Å². The molecule has 0 aliphatic rings. The van der Waals surface area contributed by atoms with E-state index in [-0.39, 0.29) is 5.91 Å². The van der Waals surface area contributed by atoms with Crippen LogP contribution < -0.4 is 5.32 Å². The van der Waals surface area contributed by atoms with E-state index < -0.39 is 0 Å². The van der Waals surface area contributed by atoms with Crippen molar-refractivity contribution < 1.29 is 4.79 Å². The van der Waals surface area contributed by atoms with E-state index in [2.05, 4.69) is 40.5 Å². The molecule has 0 saturated carbocycles. The number of carbonyl (C=O) groups excluding carboxylic acids is 1. The van der Waals surface area contributed by atoms with Crippen LogP contribution in [-0.2, 0) is 17.9 Å². The highest BCUT2D eigenvalue weighted by Gasteiger charge is 2.01. The molecule has 2 aromatic carbocycles. The molecule has 0 saturated heterocycles. The summed E-state index contributed by atoms with van der Waals surface area (Å²) in [6, 6.07) is 16.3. The van der Waals surface area contributed by atoms with Crippen molar-refractivity contribution in [2.45, 2.75) is 26.4 Å². The Morgan fingerprint density at radius 1 is 1.15 bits per heavy atom. The van der Waals surface area contributed by atoms with E-state index in [1.807, 2.05) is 42.5 Å². The number of benzene rings is 2. The summed E-state index contributed by atoms with van der Waals surface area (Å²) in [6.07, 6.45) is 7.44. The van der Waals surface area contributed by atoms with Crippen LogP contribution >= 0.6 is 0 Å². The van der Waals surface area contributed by atoms with E-state index in [1.165, 1.54) is 11.9 Å². The predicted octanol–water partition coefficient (Wildman–Crippen LogP) is 3.35. The summed E-state index contributed by atoms with van der Waals surface area (Å²) in [5.74, 6) is 0.00930. The SMILES string of the molecule is Cc1ccc(/C=C/CC(=O)NCc2cccc(Cn3cncn3)c2)cc1. The average molecular weight is 346 g/mol. The number of hydrogen-bond donors (Lipinski definition) is 1. The number of rotatable bonds is 7. The second-order valence-electron chi connectivity index (χ2n) is 6.21. The Kier molecular flexibility index (Phi) is 5.93. The van der Waals surface area contributed by atoms with Gasteiger partial charge in [-0.15, -0.1) is 0 Å². The van der Waals surface area contributed by atoms with Gasteiger partial charge < -0.3 is 5.32 Å². The predicted molar refractivity (Wildman–Crippen MR) is 102 cm³/mol. The lowest BCUT2D eigenvalue weighted by Gasteiger charge is -2.07. The minimum atomic E-state index is 0.00930. The van der Waals surface area contributed by atoms with E-state index in [1.54, 1.807) is 11.0 Å². The third kappa shape index (κ3) is 5.41. The maximum Gasteiger partial charge on any atom is 0.224 e. The summed E-state index contributed by atoms with van der Waals surface area (Å²) < 4.78 is 1.77. The van der Waals surface area contributed by atoms with Gasteiger partial charge in [-0.05, 0) is 23.6 Å². The smallest absolute Gasteiger partial charge is 0.224 e. The molecule has 1 N–H and O–H groups in total. The first-order chi connectivity index (χ1) is 12.7. The van der Waals surface area contributed by atoms with Gasteiger partial charge in [-0.3, -0.25) is 4.79 Å². The quantitative estimate of drug-likeness (QED) is 0.714. The number of aryl methyl sites for hydroxylation is 1. The molecule has 1 aromatic heterocycles. The molecule has 132 valence electrons. The van der Waals surface area contributed by atoms with Gasteiger partial charge in [0, 0.05) is 13.0 Å². The van der Waals surface area contributed by atoms with Gasteiger partial charge in [-0.2, -0.15) is 5.10 Å². The molecule has 0 atom stereocenters. The highest BCUT2D eigenvalue weighted by atomic mass is 16.1. The van der Waals surface area contributed by atoms with Crippen molar-refractivity contribution in [3.8, 4) is 0 Å². The van der Waals surface area contributed by atoms with Crippen LogP contribution in [0.2, 0.25) is 0 Å². The first-order valence-corrected chi connectivity index (χ1v) is 8.59. The zero-order chi connectivity index (χ0) is 18.2. The van der Waals surface area contributed by atoms with Crippen LogP contribution in [0.3, 0.4) is 0 Å². The van der Waals surface area contributed by atoms with Gasteiger partial charge >= 0.3 is 0 Å². The second-order valence-corrected chi connectivity index (χ2v) is 6.21. The molecule has 0 unspecified atom stereocenters. The number of carbonyl (C=O) groups is 1. The van der Waals surface area contributed by atoms with E-state index in [9.17, 15) is 4.79 Å². The van der Waals surface area contributed by atoms with Gasteiger partial charge in [-0.1, -0.05) is 66.2 Å². The monoisotopic (exact) mass is 346 g/mol. The zero-order valence-corrected chi connectivity index (χ0v) is 14.8. The van der Waals surface area contributed by atoms with Crippen LogP contribution in [-0.4, -0.2) is 20.7 Å². The van der Waals surface area contributed by atoms with Gasteiger partial charge in [0.15, 0.2) is 0 Å². The summed E-state index contributed by atoms with van der Waals surface area (Å²) >= 11 is 0. The molecule has 5 heteroatoms. The van der Waals surface area contributed by atoms with Gasteiger partial charge in [0.25, 0.3) is 0 Å². The van der Waals surface area contributed by atoms with Gasteiger partial charge in [0.2, 0.25) is 5.91 Å². The third-order valence-corrected chi connectivity index (χ3v) is 3.98. The highest BCUT2D eigenvalue weighted by molar-refractivity contribution is 5.78. The fourth-order valence-electron chi connectivity index (χ4n) is 2.59. The molecule has 0 fully saturated rings. The average Bonchev–Trinajstić information content (AvgIpc) is 3.15. The minimum absolute atomic E-state index is 0.00930. The Hall–Kier alpha value is -3.21. The molecule has 1 amide bonds. The zero-order valence-electron chi connectivity index (χ0n) is 14.8. The normalized spacial score (nSPS) is 11.0. The number of aromatic nitrogens is 3. The van der Waals surface area contributed by atoms with Crippen LogP contribution in [0.15, 0.2) is 67.3 Å². The lowest BCUT2D eigenvalue weighted by molar-refractivity contribution is -0.120. The van der Waals surface area contributed by atoms with Crippen LogP contribution in [0.25, 0.3) is 6.08 Å². The minimum Gasteiger partial charge on any atom is -0.352 e. The van der Waals surface area contributed by atoms with Crippen LogP contribution in [0.5, 0.6) is 0 Å². The van der Waals surface area contributed by atoms with Crippen LogP contribution in [0.4, 0.5) is 0 Å². The van der Waals surface area contributed by atoms with Crippen molar-refractivity contribution in [1.82, 2.24) is 20.1 Å². The fourth-order valence-corrected chi connectivity index (χ4v) is 2.59. The van der Waals surface area contributed by atoms with Crippen molar-refractivity contribution >= 4 is 12.0 Å². The number of nitrogens with one attached hydrogen (secondary N) is 1. The van der Waals surface area contributed by atoms with Gasteiger partial charge in [0.05, 0.1) is 6.54 Å². The largest absolute Gasteiger partial charge is 0.352 e. The molecular weight excluding hydrogens is 324 g/mol. The van der Waals surface area contributed by atoms with Crippen molar-refractivity contribution in [3.63, 3.8) is 0 Å². The van der Waals surface area contributed by atoms with Gasteiger partial charge in [-0.25, -0.2) is 9.67 Å². The number of nitrogens with zero attached hydrogens (tertiary/aromatic N) is 3. The summed E-state index contributed by atoms with van der Waals surface area (Å²) in [5, 5.41) is 7.06. The third-order valence-electron chi connectivity index (χ3n) is 3.98. The first-order valence-electron chi connectivity index (χ1n) is 8.59. The Morgan fingerprint density at radius 2 is 1.96 bits per heavy atom.